The summed E-state index contributed by atoms with van der Waals surface area (Å²) in [6.45, 7) is -0.623. The third-order valence-electron chi connectivity index (χ3n) is 25.3. The Morgan fingerprint density at radius 1 is 0.425 bits per heavy atom. The molecule has 0 aromatic carbocycles. The van der Waals surface area contributed by atoms with Crippen LogP contribution in [0.2, 0.25) is 0 Å². The van der Waals surface area contributed by atoms with Gasteiger partial charge in [-0.25, -0.2) is 14.4 Å². The van der Waals surface area contributed by atoms with Gasteiger partial charge in [-0.1, -0.05) is 167 Å². The molecule has 6 aliphatic rings. The number of rotatable bonds is 62. The Morgan fingerprint density at radius 2 is 0.813 bits per heavy atom. The van der Waals surface area contributed by atoms with Crippen LogP contribution >= 0.6 is 0 Å². The SMILES string of the molecule is CCCCCCCCCCCCCC=CC(O)C(COC1OC(CO)C(OC2OC(CO)C(OC3OC(CO)C(O)C(O)C3CC(C)=O)C(OC3(C(=O)O)CC(O)C(NC(C)=O)C(C(O)C(CO)OC4(C(=O)O)CC(O)C(NC(C)=O)C(C(O)C(CO)OC5(C(=O)O)CC(O)C(NC(C)=O)C(C(O)C(O)CO)O5)O4)O3)C2O)C(O)C1O)NC(=O)CCCCCCCCCCCCCCC. The van der Waals surface area contributed by atoms with E-state index < -0.39 is 332 Å². The monoisotopic (exact) mass is 1940 g/mol. The normalized spacial score (nSPS) is 34.3. The molecule has 26 N–H and O–H groups in total. The lowest BCUT2D eigenvalue weighted by Gasteiger charge is -2.53. The van der Waals surface area contributed by atoms with Crippen molar-refractivity contribution in [3.05, 3.63) is 12.2 Å². The number of allylic oxidation sites excluding steroid dienone is 1. The highest BCUT2D eigenvalue weighted by atomic mass is 16.8. The van der Waals surface area contributed by atoms with Crippen LogP contribution in [-0.2, 0) is 95.2 Å². The molecule has 35 unspecified atom stereocenters. The first-order valence-electron chi connectivity index (χ1n) is 47.1. The van der Waals surface area contributed by atoms with Crippen molar-refractivity contribution in [2.75, 3.05) is 46.2 Å². The summed E-state index contributed by atoms with van der Waals surface area (Å²) >= 11 is 0. The van der Waals surface area contributed by atoms with Gasteiger partial charge < -0.3 is 195 Å². The number of amides is 4. The predicted octanol–water partition coefficient (Wildman–Crippen LogP) is -4.21. The maximum absolute atomic E-state index is 14.4. The average molecular weight is 1940 g/mol. The van der Waals surface area contributed by atoms with Gasteiger partial charge in [0.05, 0.1) is 101 Å². The van der Waals surface area contributed by atoms with E-state index in [0.717, 1.165) is 98.3 Å². The molecule has 0 spiro atoms. The lowest BCUT2D eigenvalue weighted by Crippen LogP contribution is -2.72. The van der Waals surface area contributed by atoms with E-state index in [2.05, 4.69) is 35.1 Å². The molecule has 0 saturated carbocycles. The van der Waals surface area contributed by atoms with E-state index in [1.54, 1.807) is 6.08 Å². The number of ether oxygens (including phenoxy) is 12. The third kappa shape index (κ3) is 33.3. The van der Waals surface area contributed by atoms with Gasteiger partial charge in [0.1, 0.15) is 122 Å². The zero-order valence-corrected chi connectivity index (χ0v) is 77.3. The lowest BCUT2D eigenvalue weighted by molar-refractivity contribution is -0.404. The summed E-state index contributed by atoms with van der Waals surface area (Å²) in [5.41, 5.74) is 0. The van der Waals surface area contributed by atoms with E-state index in [0.29, 0.717) is 12.8 Å². The number of nitrogens with one attached hydrogen (secondary N) is 4. The molecule has 6 rings (SSSR count). The molecule has 6 aliphatic heterocycles. The van der Waals surface area contributed by atoms with E-state index in [-0.39, 0.29) is 6.42 Å². The van der Waals surface area contributed by atoms with Gasteiger partial charge in [-0.05, 0) is 26.2 Å². The first-order valence-corrected chi connectivity index (χ1v) is 47.1. The van der Waals surface area contributed by atoms with E-state index >= 15 is 0 Å². The first kappa shape index (κ1) is 117. The van der Waals surface area contributed by atoms with Crippen LogP contribution in [0.1, 0.15) is 234 Å². The fourth-order valence-corrected chi connectivity index (χ4v) is 17.9. The molecule has 6 heterocycles. The van der Waals surface area contributed by atoms with Crippen LogP contribution in [0.15, 0.2) is 12.2 Å². The highest BCUT2D eigenvalue weighted by Crippen LogP contribution is 2.45. The minimum absolute atomic E-state index is 0.0824. The summed E-state index contributed by atoms with van der Waals surface area (Å²) in [4.78, 5) is 107. The van der Waals surface area contributed by atoms with Gasteiger partial charge in [0.15, 0.2) is 18.9 Å². The van der Waals surface area contributed by atoms with Crippen LogP contribution < -0.4 is 21.3 Å². The number of aliphatic hydroxyl groups excluding tert-OH is 19. The van der Waals surface area contributed by atoms with Crippen LogP contribution in [0, 0.1) is 5.92 Å². The molecule has 6 saturated heterocycles. The van der Waals surface area contributed by atoms with Crippen LogP contribution in [0.25, 0.3) is 0 Å². The highest BCUT2D eigenvalue weighted by molar-refractivity contribution is 5.79. The number of carbonyl (C=O) groups is 8. The van der Waals surface area contributed by atoms with Gasteiger partial charge in [0.25, 0.3) is 17.4 Å². The molecule has 4 amide bonds. The standard InChI is InChI=1S/C88H152N4O42/c1-7-9-11-13-15-17-19-21-23-25-27-29-31-33-52(103)51(92-62(108)34-32-30-28-26-24-22-20-18-16-14-12-10-8-2)45-123-81-72(115)71(114)74(60(43-97)125-81)127-82-73(116)79(75(61(44-98)126-82)128-80-50(35-46(3)99)66(109)68(111)57(40-94)124-80)134-88(85(121)122)38-55(106)65(91-49(6)102)78(133-88)70(113)59(42-96)130-87(84(119)120)37-54(105)64(90-48(5)101)77(132-87)69(112)58(41-95)129-86(83(117)118)36-53(104)63(89-47(4)100)76(131-86)67(110)56(107)39-93/h31,33,50-61,63-82,93-98,103-107,109-116H,7-30,32,34-45H2,1-6H3,(H,89,100)(H,90,101)(H,91,102)(H,92,108)(H,117,118)(H,119,120)(H,121,122). The number of carbonyl (C=O) groups excluding carboxylic acids is 5. The Hall–Kier alpha value is -5.54. The van der Waals surface area contributed by atoms with Crippen molar-refractivity contribution in [3.8, 4) is 0 Å². The predicted molar refractivity (Wildman–Crippen MR) is 461 cm³/mol. The van der Waals surface area contributed by atoms with Crippen molar-refractivity contribution >= 4 is 47.3 Å². The van der Waals surface area contributed by atoms with Crippen LogP contribution in [-0.4, -0.2) is 413 Å². The molecule has 35 atom stereocenters. The molecule has 134 heavy (non-hydrogen) atoms. The lowest BCUT2D eigenvalue weighted by atomic mass is 9.86. The first-order chi connectivity index (χ1) is 63.6. The minimum Gasteiger partial charge on any atom is -0.477 e. The number of hydrogen-bond acceptors (Lipinski definition) is 39. The number of carboxylic acids is 3. The molecular formula is C88H152N4O42. The number of Topliss-reactive ketones (excluding diaryl/α,β-unsaturated/α-hetero) is 1. The van der Waals surface area contributed by atoms with Crippen molar-refractivity contribution in [2.45, 2.75) is 441 Å². The second-order valence-corrected chi connectivity index (χ2v) is 36.0. The molecule has 0 radical (unpaired) electrons. The Kier molecular flexibility index (Phi) is 50.7. The molecular weight excluding hydrogens is 1780 g/mol. The number of carboxylic acid groups (broad SMARTS) is 3. The summed E-state index contributed by atoms with van der Waals surface area (Å²) in [5, 5.41) is 261. The summed E-state index contributed by atoms with van der Waals surface area (Å²) in [6, 6.07) is -7.29. The number of unbranched alkanes of at least 4 members (excludes halogenated alkanes) is 23. The highest BCUT2D eigenvalue weighted by Gasteiger charge is 2.65. The van der Waals surface area contributed by atoms with Crippen molar-refractivity contribution in [3.63, 3.8) is 0 Å². The second kappa shape index (κ2) is 58.0. The van der Waals surface area contributed by atoms with Gasteiger partial charge in [-0.3, -0.25) is 19.2 Å². The van der Waals surface area contributed by atoms with E-state index in [1.807, 2.05) is 0 Å². The van der Waals surface area contributed by atoms with Crippen LogP contribution in [0.4, 0.5) is 0 Å². The summed E-state index contributed by atoms with van der Waals surface area (Å²) in [5.74, 6) is -23.6. The Labute approximate surface area is 778 Å². The average Bonchev–Trinajstić information content (AvgIpc) is 0.746. The van der Waals surface area contributed by atoms with Gasteiger partial charge in [0, 0.05) is 58.8 Å². The quantitative estimate of drug-likeness (QED) is 0.0203. The van der Waals surface area contributed by atoms with E-state index in [1.165, 1.54) is 83.1 Å². The summed E-state index contributed by atoms with van der Waals surface area (Å²) in [6.07, 6.45) is -36.7. The van der Waals surface area contributed by atoms with E-state index in [4.69, 9.17) is 56.8 Å². The minimum atomic E-state index is -3.71. The van der Waals surface area contributed by atoms with Gasteiger partial charge in [-0.2, -0.15) is 0 Å². The third-order valence-corrected chi connectivity index (χ3v) is 25.3. The van der Waals surface area contributed by atoms with Crippen molar-refractivity contribution < 1.29 is 208 Å². The molecule has 0 aromatic heterocycles. The molecule has 0 aromatic rings. The van der Waals surface area contributed by atoms with Gasteiger partial charge in [-0.15, -0.1) is 0 Å². The zero-order valence-electron chi connectivity index (χ0n) is 77.3. The largest absolute Gasteiger partial charge is 0.477 e. The fraction of sp³-hybridized carbons (Fsp3) is 0.886. The Morgan fingerprint density at radius 3 is 1.22 bits per heavy atom. The van der Waals surface area contributed by atoms with Gasteiger partial charge in [0.2, 0.25) is 23.6 Å². The number of ketones is 1. The summed E-state index contributed by atoms with van der Waals surface area (Å²) in [7, 11) is 0. The molecule has 776 valence electrons. The van der Waals surface area contributed by atoms with Crippen molar-refractivity contribution in [1.29, 1.82) is 0 Å². The topological polar surface area (TPSA) is 741 Å². The van der Waals surface area contributed by atoms with Crippen molar-refractivity contribution in [2.24, 2.45) is 5.92 Å². The van der Waals surface area contributed by atoms with Crippen LogP contribution in [0.3, 0.4) is 0 Å². The maximum atomic E-state index is 14.4. The second-order valence-electron chi connectivity index (χ2n) is 36.0. The number of aliphatic carboxylic acids is 3. The molecule has 0 aliphatic carbocycles. The molecule has 0 bridgehead atoms. The number of aliphatic hydroxyl groups is 19. The van der Waals surface area contributed by atoms with E-state index in [9.17, 15) is 151 Å². The maximum Gasteiger partial charge on any atom is 0.364 e. The van der Waals surface area contributed by atoms with Crippen molar-refractivity contribution in [1.82, 2.24) is 21.3 Å². The summed E-state index contributed by atoms with van der Waals surface area (Å²) < 4.78 is 71.9. The van der Waals surface area contributed by atoms with Gasteiger partial charge >= 0.3 is 17.9 Å². The smallest absolute Gasteiger partial charge is 0.364 e. The number of hydrogen-bond donors (Lipinski definition) is 26. The Bertz CT molecular complexity index is 3530. The van der Waals surface area contributed by atoms with Crippen LogP contribution in [0.5, 0.6) is 0 Å². The zero-order chi connectivity index (χ0) is 99.5. The Balaban J connectivity index is 1.33. The fourth-order valence-electron chi connectivity index (χ4n) is 17.9. The molecule has 6 fully saturated rings. The molecule has 46 heteroatoms. The molecule has 46 nitrogen and oxygen atoms in total.